The van der Waals surface area contributed by atoms with Gasteiger partial charge in [-0.2, -0.15) is 5.10 Å². The molecule has 0 spiro atoms. The highest BCUT2D eigenvalue weighted by Gasteiger charge is 2.21. The molecule has 0 bridgehead atoms. The van der Waals surface area contributed by atoms with Crippen molar-refractivity contribution in [1.82, 2.24) is 9.78 Å². The van der Waals surface area contributed by atoms with Crippen molar-refractivity contribution in [1.29, 1.82) is 0 Å². The molecule has 0 unspecified atom stereocenters. The Hall–Kier alpha value is -2.16. The first-order valence-corrected chi connectivity index (χ1v) is 7.25. The fourth-order valence-corrected chi connectivity index (χ4v) is 2.64. The minimum Gasteiger partial charge on any atom is -0.292 e. The summed E-state index contributed by atoms with van der Waals surface area (Å²) in [4.78, 5) is 12.2. The third-order valence-corrected chi connectivity index (χ3v) is 3.89. The van der Waals surface area contributed by atoms with E-state index < -0.39 is 0 Å². The topological polar surface area (TPSA) is 34.9 Å². The van der Waals surface area contributed by atoms with Crippen LogP contribution in [0, 0.1) is 6.92 Å². The SMILES string of the molecule is Cc1cc2n(n1)C=C(c1ccc(C(C)(C)C)cc1)CC2=O. The number of hydrogen-bond acceptors (Lipinski definition) is 2. The quantitative estimate of drug-likeness (QED) is 0.789. The van der Waals surface area contributed by atoms with Crippen LogP contribution in [0.4, 0.5) is 0 Å². The molecule has 0 aliphatic carbocycles. The Morgan fingerprint density at radius 1 is 1.14 bits per heavy atom. The zero-order chi connectivity index (χ0) is 15.2. The van der Waals surface area contributed by atoms with Crippen LogP contribution in [-0.4, -0.2) is 15.6 Å². The van der Waals surface area contributed by atoms with E-state index in [1.165, 1.54) is 5.56 Å². The molecule has 1 aromatic carbocycles. The number of aromatic nitrogens is 2. The van der Waals surface area contributed by atoms with Crippen molar-refractivity contribution in [3.05, 3.63) is 52.8 Å². The summed E-state index contributed by atoms with van der Waals surface area (Å²) in [6.07, 6.45) is 2.41. The first kappa shape index (κ1) is 13.8. The van der Waals surface area contributed by atoms with Gasteiger partial charge in [0.25, 0.3) is 0 Å². The van der Waals surface area contributed by atoms with Crippen LogP contribution < -0.4 is 0 Å². The molecule has 1 aliphatic heterocycles. The molecule has 21 heavy (non-hydrogen) atoms. The number of Topliss-reactive ketones (excluding diaryl/α,β-unsaturated/α-hetero) is 1. The van der Waals surface area contributed by atoms with Crippen LogP contribution in [0.5, 0.6) is 0 Å². The molecule has 0 N–H and O–H groups in total. The molecule has 1 aromatic heterocycles. The Bertz CT molecular complexity index is 728. The number of carbonyl (C=O) groups excluding carboxylic acids is 1. The van der Waals surface area contributed by atoms with Crippen LogP contribution in [-0.2, 0) is 5.41 Å². The van der Waals surface area contributed by atoms with Crippen molar-refractivity contribution in [2.24, 2.45) is 0 Å². The van der Waals surface area contributed by atoms with Gasteiger partial charge in [-0.3, -0.25) is 4.79 Å². The second-order valence-corrected chi connectivity index (χ2v) is 6.70. The van der Waals surface area contributed by atoms with Crippen LogP contribution in [0.2, 0.25) is 0 Å². The number of benzene rings is 1. The summed E-state index contributed by atoms with van der Waals surface area (Å²) in [5.74, 6) is 0.132. The van der Waals surface area contributed by atoms with Gasteiger partial charge in [-0.25, -0.2) is 4.68 Å². The predicted octanol–water partition coefficient (Wildman–Crippen LogP) is 4.07. The van der Waals surface area contributed by atoms with Gasteiger partial charge in [0, 0.05) is 12.6 Å². The van der Waals surface area contributed by atoms with Gasteiger partial charge < -0.3 is 0 Å². The lowest BCUT2D eigenvalue weighted by Crippen LogP contribution is -2.13. The zero-order valence-electron chi connectivity index (χ0n) is 13.0. The molecule has 0 fully saturated rings. The maximum atomic E-state index is 12.2. The Labute approximate surface area is 125 Å². The van der Waals surface area contributed by atoms with E-state index in [0.29, 0.717) is 12.1 Å². The Morgan fingerprint density at radius 3 is 2.43 bits per heavy atom. The van der Waals surface area contributed by atoms with Crippen LogP contribution in [0.25, 0.3) is 11.8 Å². The Balaban J connectivity index is 1.98. The van der Waals surface area contributed by atoms with Gasteiger partial charge in [-0.15, -0.1) is 0 Å². The molecular weight excluding hydrogens is 260 g/mol. The summed E-state index contributed by atoms with van der Waals surface area (Å²) < 4.78 is 1.70. The number of carbonyl (C=O) groups is 1. The van der Waals surface area contributed by atoms with Crippen LogP contribution in [0.1, 0.15) is 54.5 Å². The van der Waals surface area contributed by atoms with Gasteiger partial charge in [0.05, 0.1) is 5.69 Å². The van der Waals surface area contributed by atoms with Crippen LogP contribution in [0.3, 0.4) is 0 Å². The van der Waals surface area contributed by atoms with E-state index >= 15 is 0 Å². The second-order valence-electron chi connectivity index (χ2n) is 6.70. The number of nitrogens with zero attached hydrogens (tertiary/aromatic N) is 2. The second kappa shape index (κ2) is 4.69. The third-order valence-electron chi connectivity index (χ3n) is 3.89. The van der Waals surface area contributed by atoms with E-state index in [-0.39, 0.29) is 11.2 Å². The van der Waals surface area contributed by atoms with Crippen molar-refractivity contribution in [3.63, 3.8) is 0 Å². The van der Waals surface area contributed by atoms with E-state index in [4.69, 9.17) is 0 Å². The fraction of sp³-hybridized carbons (Fsp3) is 0.333. The number of fused-ring (bicyclic) bond motifs is 1. The normalized spacial score (nSPS) is 14.9. The summed E-state index contributed by atoms with van der Waals surface area (Å²) in [6, 6.07) is 10.3. The van der Waals surface area contributed by atoms with Crippen molar-refractivity contribution in [2.45, 2.75) is 39.5 Å². The van der Waals surface area contributed by atoms with E-state index in [1.54, 1.807) is 4.68 Å². The monoisotopic (exact) mass is 280 g/mol. The highest BCUT2D eigenvalue weighted by atomic mass is 16.1. The van der Waals surface area contributed by atoms with Gasteiger partial charge in [0.1, 0.15) is 5.69 Å². The average molecular weight is 280 g/mol. The smallest absolute Gasteiger partial charge is 0.185 e. The first-order chi connectivity index (χ1) is 9.84. The van der Waals surface area contributed by atoms with Gasteiger partial charge >= 0.3 is 0 Å². The minimum atomic E-state index is 0.132. The third kappa shape index (κ3) is 2.56. The number of aryl methyl sites for hydroxylation is 1. The Morgan fingerprint density at radius 2 is 1.81 bits per heavy atom. The number of allylic oxidation sites excluding steroid dienone is 1. The summed E-state index contributed by atoms with van der Waals surface area (Å²) in [6.45, 7) is 8.50. The van der Waals surface area contributed by atoms with E-state index in [0.717, 1.165) is 16.8 Å². The molecule has 1 aliphatic rings. The molecular formula is C18H20N2O. The molecule has 3 nitrogen and oxygen atoms in total. The molecule has 2 heterocycles. The van der Waals surface area contributed by atoms with Gasteiger partial charge in [-0.05, 0) is 35.1 Å². The van der Waals surface area contributed by atoms with Crippen molar-refractivity contribution in [3.8, 4) is 0 Å². The van der Waals surface area contributed by atoms with Crippen molar-refractivity contribution < 1.29 is 4.79 Å². The van der Waals surface area contributed by atoms with Gasteiger partial charge in [-0.1, -0.05) is 45.0 Å². The Kier molecular flexibility index (Phi) is 3.08. The molecule has 0 amide bonds. The standard InChI is InChI=1S/C18H20N2O/c1-12-9-16-17(21)10-14(11-20(16)19-12)13-5-7-15(8-6-13)18(2,3)4/h5-9,11H,10H2,1-4H3. The predicted molar refractivity (Wildman–Crippen MR) is 85.2 cm³/mol. The van der Waals surface area contributed by atoms with E-state index in [9.17, 15) is 4.79 Å². The largest absolute Gasteiger partial charge is 0.292 e. The van der Waals surface area contributed by atoms with Crippen molar-refractivity contribution in [2.75, 3.05) is 0 Å². The number of hydrogen-bond donors (Lipinski definition) is 0. The molecule has 0 radical (unpaired) electrons. The minimum absolute atomic E-state index is 0.132. The molecule has 3 rings (SSSR count). The summed E-state index contributed by atoms with van der Waals surface area (Å²) in [5.41, 5.74) is 5.11. The maximum Gasteiger partial charge on any atom is 0.185 e. The van der Waals surface area contributed by atoms with E-state index in [2.05, 4.69) is 50.1 Å². The lowest BCUT2D eigenvalue weighted by molar-refractivity contribution is 0.0989. The highest BCUT2D eigenvalue weighted by molar-refractivity contribution is 6.06. The molecule has 0 saturated heterocycles. The fourth-order valence-electron chi connectivity index (χ4n) is 2.64. The van der Waals surface area contributed by atoms with Crippen LogP contribution >= 0.6 is 0 Å². The number of ketones is 1. The summed E-state index contributed by atoms with van der Waals surface area (Å²) in [5, 5.41) is 4.35. The lowest BCUT2D eigenvalue weighted by atomic mass is 9.86. The maximum absolute atomic E-state index is 12.2. The summed E-state index contributed by atoms with van der Waals surface area (Å²) >= 11 is 0. The first-order valence-electron chi connectivity index (χ1n) is 7.25. The average Bonchev–Trinajstić information content (AvgIpc) is 2.79. The molecule has 0 atom stereocenters. The molecule has 108 valence electrons. The van der Waals surface area contributed by atoms with E-state index in [1.807, 2.05) is 19.2 Å². The summed E-state index contributed by atoms with van der Waals surface area (Å²) in [7, 11) is 0. The zero-order valence-corrected chi connectivity index (χ0v) is 13.0. The van der Waals surface area contributed by atoms with Crippen molar-refractivity contribution >= 4 is 17.6 Å². The highest BCUT2D eigenvalue weighted by Crippen LogP contribution is 2.29. The van der Waals surface area contributed by atoms with Crippen LogP contribution in [0.15, 0.2) is 30.3 Å². The lowest BCUT2D eigenvalue weighted by Gasteiger charge is -2.20. The molecule has 2 aromatic rings. The number of rotatable bonds is 1. The van der Waals surface area contributed by atoms with Gasteiger partial charge in [0.2, 0.25) is 0 Å². The van der Waals surface area contributed by atoms with Gasteiger partial charge in [0.15, 0.2) is 5.78 Å². The molecule has 0 saturated carbocycles. The molecule has 3 heteroatoms.